The van der Waals surface area contributed by atoms with Crippen LogP contribution in [0.3, 0.4) is 0 Å². The molecule has 0 aromatic carbocycles. The summed E-state index contributed by atoms with van der Waals surface area (Å²) >= 11 is 0. The van der Waals surface area contributed by atoms with E-state index in [0.29, 0.717) is 12.0 Å². The first-order valence-corrected chi connectivity index (χ1v) is 5.63. The number of rotatable bonds is 3. The summed E-state index contributed by atoms with van der Waals surface area (Å²) in [6.45, 7) is 7.46. The molecule has 0 aromatic rings. The third-order valence-corrected chi connectivity index (χ3v) is 3.47. The molecule has 1 aliphatic heterocycles. The predicted octanol–water partition coefficient (Wildman–Crippen LogP) is 1.31. The van der Waals surface area contributed by atoms with Crippen molar-refractivity contribution in [2.24, 2.45) is 17.6 Å². The molecule has 1 aliphatic rings. The molecule has 3 atom stereocenters. The number of hydrogen-bond acceptors (Lipinski definition) is 2. The molecule has 2 heteroatoms. The fourth-order valence-corrected chi connectivity index (χ4v) is 2.25. The highest BCUT2D eigenvalue weighted by Crippen LogP contribution is 2.24. The van der Waals surface area contributed by atoms with Gasteiger partial charge >= 0.3 is 0 Å². The lowest BCUT2D eigenvalue weighted by molar-refractivity contribution is 0.110. The lowest BCUT2D eigenvalue weighted by atomic mass is 9.86. The molecular weight excluding hydrogens is 172 g/mol. The average molecular weight is 194 g/mol. The van der Waals surface area contributed by atoms with Crippen molar-refractivity contribution >= 4 is 0 Å². The number of likely N-dealkylation sites (tertiary alicyclic amines) is 1. The molecule has 0 saturated carbocycles. The molecule has 0 aliphatic carbocycles. The molecule has 0 radical (unpaired) electrons. The van der Waals surface area contributed by atoms with Crippen LogP contribution in [0.2, 0.25) is 0 Å². The summed E-state index contributed by atoms with van der Waals surface area (Å²) in [7, 11) is 0. The fraction of sp³-hybridized carbons (Fsp3) is 0.833. The van der Waals surface area contributed by atoms with Crippen molar-refractivity contribution in [2.45, 2.75) is 32.7 Å². The second kappa shape index (κ2) is 5.38. The summed E-state index contributed by atoms with van der Waals surface area (Å²) in [5.41, 5.74) is 5.76. The van der Waals surface area contributed by atoms with Crippen LogP contribution in [0.1, 0.15) is 26.7 Å². The minimum absolute atomic E-state index is 0.316. The predicted molar refractivity (Wildman–Crippen MR) is 60.8 cm³/mol. The van der Waals surface area contributed by atoms with E-state index in [0.717, 1.165) is 32.0 Å². The zero-order valence-corrected chi connectivity index (χ0v) is 9.37. The SMILES string of the molecule is C#CC(CC)N1CCC(C)C(CN)C1. The number of piperidine rings is 1. The smallest absolute Gasteiger partial charge is 0.0709 e. The van der Waals surface area contributed by atoms with E-state index in [1.807, 2.05) is 0 Å². The molecular formula is C12H22N2. The van der Waals surface area contributed by atoms with Gasteiger partial charge in [-0.15, -0.1) is 6.42 Å². The van der Waals surface area contributed by atoms with Gasteiger partial charge in [-0.05, 0) is 37.8 Å². The zero-order valence-electron chi connectivity index (χ0n) is 9.37. The van der Waals surface area contributed by atoms with Crippen LogP contribution in [0.4, 0.5) is 0 Å². The molecule has 14 heavy (non-hydrogen) atoms. The van der Waals surface area contributed by atoms with Gasteiger partial charge in [0.2, 0.25) is 0 Å². The van der Waals surface area contributed by atoms with E-state index in [1.165, 1.54) is 6.42 Å². The third-order valence-electron chi connectivity index (χ3n) is 3.47. The van der Waals surface area contributed by atoms with Gasteiger partial charge in [0.25, 0.3) is 0 Å². The van der Waals surface area contributed by atoms with E-state index in [-0.39, 0.29) is 0 Å². The zero-order chi connectivity index (χ0) is 10.6. The number of nitrogens with two attached hydrogens (primary N) is 1. The highest BCUT2D eigenvalue weighted by Gasteiger charge is 2.27. The Balaban J connectivity index is 2.54. The highest BCUT2D eigenvalue weighted by atomic mass is 15.2. The fourth-order valence-electron chi connectivity index (χ4n) is 2.25. The second-order valence-corrected chi connectivity index (χ2v) is 4.35. The Morgan fingerprint density at radius 2 is 2.36 bits per heavy atom. The summed E-state index contributed by atoms with van der Waals surface area (Å²) in [4.78, 5) is 2.41. The van der Waals surface area contributed by atoms with E-state index < -0.39 is 0 Å². The van der Waals surface area contributed by atoms with Gasteiger partial charge in [0.15, 0.2) is 0 Å². The lowest BCUT2D eigenvalue weighted by Crippen LogP contribution is -2.46. The van der Waals surface area contributed by atoms with Crippen molar-refractivity contribution < 1.29 is 0 Å². The quantitative estimate of drug-likeness (QED) is 0.687. The normalized spacial score (nSPS) is 31.0. The van der Waals surface area contributed by atoms with Crippen LogP contribution in [0, 0.1) is 24.2 Å². The molecule has 80 valence electrons. The van der Waals surface area contributed by atoms with Gasteiger partial charge in [-0.1, -0.05) is 19.8 Å². The Bertz CT molecular complexity index is 207. The Labute approximate surface area is 87.8 Å². The molecule has 1 fully saturated rings. The van der Waals surface area contributed by atoms with E-state index in [4.69, 9.17) is 12.2 Å². The minimum Gasteiger partial charge on any atom is -0.330 e. The van der Waals surface area contributed by atoms with E-state index >= 15 is 0 Å². The van der Waals surface area contributed by atoms with Crippen molar-refractivity contribution in [3.63, 3.8) is 0 Å². The Hall–Kier alpha value is -0.520. The van der Waals surface area contributed by atoms with Crippen LogP contribution in [0.15, 0.2) is 0 Å². The highest BCUT2D eigenvalue weighted by molar-refractivity contribution is 5.00. The van der Waals surface area contributed by atoms with Gasteiger partial charge in [0.05, 0.1) is 6.04 Å². The number of terminal acetylenes is 1. The maximum absolute atomic E-state index is 5.76. The van der Waals surface area contributed by atoms with Crippen LogP contribution in [-0.2, 0) is 0 Å². The Morgan fingerprint density at radius 3 is 2.86 bits per heavy atom. The van der Waals surface area contributed by atoms with Gasteiger partial charge in [-0.25, -0.2) is 0 Å². The van der Waals surface area contributed by atoms with E-state index in [9.17, 15) is 0 Å². The summed E-state index contributed by atoms with van der Waals surface area (Å²) in [5, 5.41) is 0. The minimum atomic E-state index is 0.316. The molecule has 1 saturated heterocycles. The summed E-state index contributed by atoms with van der Waals surface area (Å²) < 4.78 is 0. The summed E-state index contributed by atoms with van der Waals surface area (Å²) in [6, 6.07) is 0.316. The third kappa shape index (κ3) is 2.50. The molecule has 1 rings (SSSR count). The molecule has 0 spiro atoms. The Morgan fingerprint density at radius 1 is 1.64 bits per heavy atom. The van der Waals surface area contributed by atoms with Gasteiger partial charge in [0.1, 0.15) is 0 Å². The first-order chi connectivity index (χ1) is 6.72. The molecule has 0 aromatic heterocycles. The van der Waals surface area contributed by atoms with Crippen molar-refractivity contribution in [3.05, 3.63) is 0 Å². The van der Waals surface area contributed by atoms with Crippen LogP contribution >= 0.6 is 0 Å². The monoisotopic (exact) mass is 194 g/mol. The Kier molecular flexibility index (Phi) is 4.44. The summed E-state index contributed by atoms with van der Waals surface area (Å²) in [6.07, 6.45) is 7.79. The molecule has 0 amide bonds. The van der Waals surface area contributed by atoms with Crippen molar-refractivity contribution in [1.82, 2.24) is 4.90 Å². The maximum Gasteiger partial charge on any atom is 0.0709 e. The molecule has 1 heterocycles. The number of nitrogens with zero attached hydrogens (tertiary/aromatic N) is 1. The molecule has 3 unspecified atom stereocenters. The van der Waals surface area contributed by atoms with Crippen LogP contribution in [-0.4, -0.2) is 30.6 Å². The maximum atomic E-state index is 5.76. The van der Waals surface area contributed by atoms with Crippen molar-refractivity contribution in [3.8, 4) is 12.3 Å². The van der Waals surface area contributed by atoms with Crippen LogP contribution in [0.5, 0.6) is 0 Å². The first-order valence-electron chi connectivity index (χ1n) is 5.63. The van der Waals surface area contributed by atoms with Gasteiger partial charge in [0, 0.05) is 6.54 Å². The average Bonchev–Trinajstić information content (AvgIpc) is 2.22. The number of hydrogen-bond donors (Lipinski definition) is 1. The van der Waals surface area contributed by atoms with E-state index in [1.54, 1.807) is 0 Å². The summed E-state index contributed by atoms with van der Waals surface area (Å²) in [5.74, 6) is 4.25. The van der Waals surface area contributed by atoms with Gasteiger partial charge in [-0.3, -0.25) is 4.90 Å². The standard InChI is InChI=1S/C12H22N2/c1-4-12(5-2)14-7-6-10(3)11(8-13)9-14/h1,10-12H,5-9,13H2,2-3H3. The van der Waals surface area contributed by atoms with Crippen LogP contribution < -0.4 is 5.73 Å². The lowest BCUT2D eigenvalue weighted by Gasteiger charge is -2.39. The van der Waals surface area contributed by atoms with Gasteiger partial charge < -0.3 is 5.73 Å². The van der Waals surface area contributed by atoms with Crippen LogP contribution in [0.25, 0.3) is 0 Å². The molecule has 0 bridgehead atoms. The molecule has 2 nitrogen and oxygen atoms in total. The topological polar surface area (TPSA) is 29.3 Å². The van der Waals surface area contributed by atoms with Crippen molar-refractivity contribution in [2.75, 3.05) is 19.6 Å². The molecule has 2 N–H and O–H groups in total. The van der Waals surface area contributed by atoms with Gasteiger partial charge in [-0.2, -0.15) is 0 Å². The van der Waals surface area contributed by atoms with E-state index in [2.05, 4.69) is 24.7 Å². The largest absolute Gasteiger partial charge is 0.330 e. The first kappa shape index (κ1) is 11.6. The van der Waals surface area contributed by atoms with Crippen molar-refractivity contribution in [1.29, 1.82) is 0 Å². The second-order valence-electron chi connectivity index (χ2n) is 4.35.